The minimum absolute atomic E-state index is 0.0865. The molecule has 3 aromatic rings. The summed E-state index contributed by atoms with van der Waals surface area (Å²) in [6.07, 6.45) is -28.1. The second-order valence-corrected chi connectivity index (χ2v) is 10.5. The Bertz CT molecular complexity index is 1690. The minimum Gasteiger partial charge on any atom is -0.493 e. The highest BCUT2D eigenvalue weighted by Gasteiger charge is 2.80. The molecule has 0 aromatic heterocycles. The number of ether oxygens (including phenoxy) is 4. The Kier molecular flexibility index (Phi) is 11.8. The monoisotopic (exact) mass is 776 g/mol. The maximum Gasteiger partial charge on any atom is 0.527 e. The molecule has 0 unspecified atom stereocenters. The van der Waals surface area contributed by atoms with Crippen LogP contribution in [0.3, 0.4) is 0 Å². The number of amides is 1. The highest BCUT2D eigenvalue weighted by atomic mass is 35.5. The molecule has 0 saturated carbocycles. The minimum atomic E-state index is -7.56. The molecule has 0 saturated heterocycles. The summed E-state index contributed by atoms with van der Waals surface area (Å²) in [7, 11) is 1.26. The zero-order valence-corrected chi connectivity index (χ0v) is 25.9. The molecule has 0 bridgehead atoms. The van der Waals surface area contributed by atoms with Crippen LogP contribution >= 0.6 is 23.8 Å². The van der Waals surface area contributed by atoms with Gasteiger partial charge in [0.1, 0.15) is 6.61 Å². The average molecular weight is 777 g/mol. The van der Waals surface area contributed by atoms with E-state index in [1.54, 1.807) is 29.0 Å². The van der Waals surface area contributed by atoms with E-state index in [9.17, 15) is 61.9 Å². The van der Waals surface area contributed by atoms with Crippen molar-refractivity contribution in [3.8, 4) is 11.5 Å². The molecule has 0 aliphatic carbocycles. The fraction of sp³-hybridized carbons (Fsp3) is 0.286. The molecule has 3 aromatic carbocycles. The fourth-order valence-electron chi connectivity index (χ4n) is 3.64. The Labute approximate surface area is 282 Å². The van der Waals surface area contributed by atoms with Gasteiger partial charge in [-0.15, -0.1) is 13.2 Å². The Balaban J connectivity index is 1.71. The fourth-order valence-corrected chi connectivity index (χ4v) is 3.97. The van der Waals surface area contributed by atoms with E-state index in [4.69, 9.17) is 33.3 Å². The highest BCUT2D eigenvalue weighted by Crippen LogP contribution is 2.54. The van der Waals surface area contributed by atoms with Crippen molar-refractivity contribution < 1.29 is 80.8 Å². The molecular weight excluding hydrogens is 759 g/mol. The van der Waals surface area contributed by atoms with Gasteiger partial charge in [-0.3, -0.25) is 10.1 Å². The molecule has 0 atom stereocenters. The van der Waals surface area contributed by atoms with E-state index in [0.717, 1.165) is 11.6 Å². The number of benzene rings is 3. The first-order valence-corrected chi connectivity index (χ1v) is 13.7. The number of anilines is 1. The van der Waals surface area contributed by atoms with Crippen molar-refractivity contribution >= 4 is 40.5 Å². The van der Waals surface area contributed by atoms with Gasteiger partial charge in [0.15, 0.2) is 16.6 Å². The third kappa shape index (κ3) is 9.37. The number of nitrogens with one attached hydrogen (secondary N) is 2. The van der Waals surface area contributed by atoms with Gasteiger partial charge in [0.05, 0.1) is 7.11 Å². The molecule has 3 rings (SSSR count). The van der Waals surface area contributed by atoms with Crippen LogP contribution in [0.5, 0.6) is 11.5 Å². The first-order valence-electron chi connectivity index (χ1n) is 13.0. The van der Waals surface area contributed by atoms with Crippen molar-refractivity contribution in [1.29, 1.82) is 0 Å². The zero-order chi connectivity index (χ0) is 37.9. The third-order valence-corrected chi connectivity index (χ3v) is 6.50. The number of carbonyl (C=O) groups is 1. The lowest BCUT2D eigenvalue weighted by molar-refractivity contribution is -0.535. The van der Waals surface area contributed by atoms with Crippen LogP contribution in [0.4, 0.5) is 62.8 Å². The second kappa shape index (κ2) is 14.6. The topological polar surface area (TPSA) is 78.1 Å². The number of carbonyl (C=O) groups excluding carboxylic acids is 1. The Morgan fingerprint density at radius 1 is 0.760 bits per heavy atom. The van der Waals surface area contributed by atoms with E-state index in [0.29, 0.717) is 11.1 Å². The SMILES string of the molecule is COc1cc(C(=O)NC(=S)Nc2cccc(C(F)(F)C(F)(F)OC(F)(F)C(F)(F)C(F)(F)OC(F)(F)F)c2)ccc1OCc1ccc(Cl)cc1. The average Bonchev–Trinajstić information content (AvgIpc) is 2.98. The molecular formula is C28H18ClF13N2O5S. The Morgan fingerprint density at radius 3 is 1.94 bits per heavy atom. The predicted molar refractivity (Wildman–Crippen MR) is 151 cm³/mol. The summed E-state index contributed by atoms with van der Waals surface area (Å²) >= 11 is 10.7. The van der Waals surface area contributed by atoms with Crippen LogP contribution in [-0.2, 0) is 22.0 Å². The molecule has 0 spiro atoms. The van der Waals surface area contributed by atoms with E-state index in [1.165, 1.54) is 25.3 Å². The van der Waals surface area contributed by atoms with Gasteiger partial charge in [-0.2, -0.15) is 43.9 Å². The van der Waals surface area contributed by atoms with Gasteiger partial charge in [-0.05, 0) is 60.2 Å². The number of rotatable bonds is 13. The van der Waals surface area contributed by atoms with E-state index in [-0.39, 0.29) is 35.8 Å². The number of hydrogen-bond acceptors (Lipinski definition) is 6. The van der Waals surface area contributed by atoms with Gasteiger partial charge >= 0.3 is 36.5 Å². The molecule has 2 N–H and O–H groups in total. The quantitative estimate of drug-likeness (QED) is 0.133. The van der Waals surface area contributed by atoms with Gasteiger partial charge < -0.3 is 14.8 Å². The smallest absolute Gasteiger partial charge is 0.493 e. The molecule has 274 valence electrons. The lowest BCUT2D eigenvalue weighted by Gasteiger charge is -2.35. The number of thiocarbonyl (C=S) groups is 1. The molecule has 7 nitrogen and oxygen atoms in total. The van der Waals surface area contributed by atoms with Gasteiger partial charge in [0.25, 0.3) is 5.91 Å². The summed E-state index contributed by atoms with van der Waals surface area (Å²) in [5, 5.41) is 4.09. The van der Waals surface area contributed by atoms with E-state index < -0.39 is 58.8 Å². The van der Waals surface area contributed by atoms with Crippen LogP contribution in [0, 0.1) is 0 Å². The summed E-state index contributed by atoms with van der Waals surface area (Å²) in [5.74, 6) is -14.2. The standard InChI is InChI=1S/C28H18ClF13N2O5S/c1-46-20-11-15(7-10-19(20)47-13-14-5-8-17(29)9-6-14)21(45)44-22(50)43-18-4-2-3-16(12-18)23(30,31)25(34,35)48-26(36,37)24(32,33)27(38,39)49-28(40,41)42/h2-12H,13H2,1H3,(H2,43,44,45,50). The maximum atomic E-state index is 14.6. The number of methoxy groups -OCH3 is 1. The van der Waals surface area contributed by atoms with Crippen molar-refractivity contribution in [2.24, 2.45) is 0 Å². The van der Waals surface area contributed by atoms with Crippen LogP contribution < -0.4 is 20.1 Å². The molecule has 0 radical (unpaired) electrons. The summed E-state index contributed by atoms with van der Waals surface area (Å²) in [6, 6.07) is 12.2. The molecule has 50 heavy (non-hydrogen) atoms. The first-order chi connectivity index (χ1) is 22.8. The number of alkyl halides is 13. The van der Waals surface area contributed by atoms with E-state index >= 15 is 0 Å². The molecule has 0 heterocycles. The van der Waals surface area contributed by atoms with Crippen molar-refractivity contribution in [3.63, 3.8) is 0 Å². The van der Waals surface area contributed by atoms with Crippen LogP contribution in [0.25, 0.3) is 0 Å². The van der Waals surface area contributed by atoms with Crippen LogP contribution in [-0.4, -0.2) is 48.7 Å². The predicted octanol–water partition coefficient (Wildman–Crippen LogP) is 9.11. The summed E-state index contributed by atoms with van der Waals surface area (Å²) in [6.45, 7) is 0.0883. The zero-order valence-electron chi connectivity index (χ0n) is 24.3. The summed E-state index contributed by atoms with van der Waals surface area (Å²) < 4.78 is 189. The Morgan fingerprint density at radius 2 is 1.36 bits per heavy atom. The molecule has 0 fully saturated rings. The van der Waals surface area contributed by atoms with Gasteiger partial charge in [0.2, 0.25) is 0 Å². The summed E-state index contributed by atoms with van der Waals surface area (Å²) in [4.78, 5) is 12.7. The van der Waals surface area contributed by atoms with Crippen molar-refractivity contribution in [1.82, 2.24) is 5.32 Å². The van der Waals surface area contributed by atoms with Crippen LogP contribution in [0.15, 0.2) is 66.7 Å². The van der Waals surface area contributed by atoms with Gasteiger partial charge in [-0.25, -0.2) is 9.47 Å². The van der Waals surface area contributed by atoms with Gasteiger partial charge in [-0.1, -0.05) is 35.9 Å². The third-order valence-electron chi connectivity index (χ3n) is 6.04. The van der Waals surface area contributed by atoms with Crippen molar-refractivity contribution in [2.45, 2.75) is 43.1 Å². The largest absolute Gasteiger partial charge is 0.527 e. The van der Waals surface area contributed by atoms with Crippen molar-refractivity contribution in [3.05, 3.63) is 88.4 Å². The molecule has 0 aliphatic rings. The van der Waals surface area contributed by atoms with E-state index in [2.05, 4.69) is 15.4 Å². The van der Waals surface area contributed by atoms with E-state index in [1.807, 2.05) is 0 Å². The number of halogens is 14. The lowest BCUT2D eigenvalue weighted by atomic mass is 10.1. The number of hydrogen-bond donors (Lipinski definition) is 2. The first kappa shape index (κ1) is 40.4. The maximum absolute atomic E-state index is 14.6. The van der Waals surface area contributed by atoms with Crippen LogP contribution in [0.1, 0.15) is 21.5 Å². The lowest BCUT2D eigenvalue weighted by Crippen LogP contribution is -2.61. The Hall–Kier alpha value is -4.08. The van der Waals surface area contributed by atoms with Gasteiger partial charge in [0, 0.05) is 21.8 Å². The summed E-state index contributed by atoms with van der Waals surface area (Å²) in [5.41, 5.74) is -1.97. The molecule has 1 amide bonds. The molecule has 22 heteroatoms. The van der Waals surface area contributed by atoms with Crippen LogP contribution in [0.2, 0.25) is 5.02 Å². The molecule has 0 aliphatic heterocycles. The normalized spacial score (nSPS) is 13.1. The van der Waals surface area contributed by atoms with Crippen molar-refractivity contribution in [2.75, 3.05) is 12.4 Å². The highest BCUT2D eigenvalue weighted by molar-refractivity contribution is 7.80. The second-order valence-electron chi connectivity index (χ2n) is 9.62.